The first-order valence-electron chi connectivity index (χ1n) is 6.68. The lowest BCUT2D eigenvalue weighted by molar-refractivity contribution is -0.162. The number of hydrogen-bond acceptors (Lipinski definition) is 5. The number of nitrogens with one attached hydrogen (secondary N) is 1. The minimum absolute atomic E-state index is 0.115. The van der Waals surface area contributed by atoms with Crippen molar-refractivity contribution in [2.45, 2.75) is 45.3 Å². The van der Waals surface area contributed by atoms with Crippen LogP contribution in [0, 0.1) is 5.92 Å². The molecule has 0 saturated carbocycles. The van der Waals surface area contributed by atoms with Crippen LogP contribution in [0.4, 0.5) is 0 Å². The summed E-state index contributed by atoms with van der Waals surface area (Å²) < 4.78 is 7.36. The van der Waals surface area contributed by atoms with Gasteiger partial charge in [0, 0.05) is 7.05 Å². The molecule has 0 aromatic carbocycles. The molecule has 2 unspecified atom stereocenters. The number of aryl methyl sites for hydroxylation is 1. The number of nitrogens with zero attached hydrogens (tertiary/aromatic N) is 3. The van der Waals surface area contributed by atoms with Crippen molar-refractivity contribution in [3.63, 3.8) is 0 Å². The van der Waals surface area contributed by atoms with Gasteiger partial charge in [-0.25, -0.2) is 0 Å². The third kappa shape index (κ3) is 3.32. The van der Waals surface area contributed by atoms with Crippen LogP contribution in [0.5, 0.6) is 0 Å². The van der Waals surface area contributed by atoms with E-state index in [9.17, 15) is 4.79 Å². The molecule has 0 radical (unpaired) electrons. The van der Waals surface area contributed by atoms with Crippen molar-refractivity contribution in [1.82, 2.24) is 20.1 Å². The number of hydrogen-bond donors (Lipinski definition) is 1. The Kier molecular flexibility index (Phi) is 3.89. The molecular weight excluding hydrogens is 244 g/mol. The largest absolute Gasteiger partial charge is 0.460 e. The van der Waals surface area contributed by atoms with Crippen LogP contribution in [0.2, 0.25) is 0 Å². The predicted octanol–water partition coefficient (Wildman–Crippen LogP) is 1.20. The lowest BCUT2D eigenvalue weighted by Crippen LogP contribution is -2.42. The minimum atomic E-state index is -0.459. The first-order valence-corrected chi connectivity index (χ1v) is 6.68. The highest BCUT2D eigenvalue weighted by Crippen LogP contribution is 2.30. The van der Waals surface area contributed by atoms with Gasteiger partial charge < -0.3 is 14.6 Å². The van der Waals surface area contributed by atoms with Gasteiger partial charge in [-0.05, 0) is 40.2 Å². The maximum absolute atomic E-state index is 12.3. The Morgan fingerprint density at radius 2 is 2.26 bits per heavy atom. The van der Waals surface area contributed by atoms with Crippen molar-refractivity contribution in [3.05, 3.63) is 12.2 Å². The summed E-state index contributed by atoms with van der Waals surface area (Å²) in [5.74, 6) is 0.430. The summed E-state index contributed by atoms with van der Waals surface area (Å²) in [6, 6.07) is -0.115. The van der Waals surface area contributed by atoms with E-state index in [4.69, 9.17) is 4.74 Å². The second kappa shape index (κ2) is 5.28. The van der Waals surface area contributed by atoms with Crippen LogP contribution in [0.1, 0.15) is 45.5 Å². The average Bonchev–Trinajstić information content (AvgIpc) is 2.73. The van der Waals surface area contributed by atoms with Gasteiger partial charge in [-0.3, -0.25) is 4.79 Å². The monoisotopic (exact) mass is 266 g/mol. The number of piperidine rings is 1. The van der Waals surface area contributed by atoms with Crippen molar-refractivity contribution in [3.8, 4) is 0 Å². The van der Waals surface area contributed by atoms with Gasteiger partial charge >= 0.3 is 5.97 Å². The van der Waals surface area contributed by atoms with Crippen molar-refractivity contribution in [1.29, 1.82) is 0 Å². The number of ether oxygens (including phenoxy) is 1. The molecule has 0 spiro atoms. The highest BCUT2D eigenvalue weighted by molar-refractivity contribution is 5.74. The normalized spacial score (nSPS) is 24.2. The second-order valence-corrected chi connectivity index (χ2v) is 6.01. The summed E-state index contributed by atoms with van der Waals surface area (Å²) in [6.45, 7) is 6.55. The number of carbonyl (C=O) groups excluding carboxylic acids is 1. The number of aromatic nitrogens is 3. The molecule has 2 heterocycles. The van der Waals surface area contributed by atoms with Crippen LogP contribution in [0.3, 0.4) is 0 Å². The number of rotatable bonds is 2. The Labute approximate surface area is 113 Å². The zero-order valence-corrected chi connectivity index (χ0v) is 12.0. The second-order valence-electron chi connectivity index (χ2n) is 6.01. The molecule has 1 aromatic heterocycles. The van der Waals surface area contributed by atoms with E-state index in [1.807, 2.05) is 32.4 Å². The molecule has 6 nitrogen and oxygen atoms in total. The maximum Gasteiger partial charge on any atom is 0.311 e. The minimum Gasteiger partial charge on any atom is -0.460 e. The van der Waals surface area contributed by atoms with E-state index in [0.29, 0.717) is 0 Å². The summed E-state index contributed by atoms with van der Waals surface area (Å²) in [7, 11) is 1.89. The third-order valence-electron chi connectivity index (χ3n) is 3.19. The van der Waals surface area contributed by atoms with E-state index in [0.717, 1.165) is 25.2 Å². The van der Waals surface area contributed by atoms with Gasteiger partial charge in [-0.1, -0.05) is 0 Å². The summed E-state index contributed by atoms with van der Waals surface area (Å²) in [5.41, 5.74) is -0.459. The Hall–Kier alpha value is -1.43. The summed E-state index contributed by atoms with van der Waals surface area (Å²) in [6.07, 6.45) is 3.44. The van der Waals surface area contributed by atoms with Crippen LogP contribution >= 0.6 is 0 Å². The van der Waals surface area contributed by atoms with E-state index in [1.54, 1.807) is 6.33 Å². The Morgan fingerprint density at radius 1 is 1.53 bits per heavy atom. The van der Waals surface area contributed by atoms with Crippen LogP contribution in [-0.2, 0) is 16.6 Å². The van der Waals surface area contributed by atoms with Gasteiger partial charge in [0.1, 0.15) is 11.9 Å². The molecule has 1 fully saturated rings. The Bertz CT molecular complexity index is 450. The number of esters is 1. The zero-order valence-electron chi connectivity index (χ0n) is 12.0. The van der Waals surface area contributed by atoms with Gasteiger partial charge in [0.15, 0.2) is 5.82 Å². The van der Waals surface area contributed by atoms with E-state index in [-0.39, 0.29) is 17.9 Å². The fourth-order valence-corrected chi connectivity index (χ4v) is 2.36. The highest BCUT2D eigenvalue weighted by atomic mass is 16.6. The van der Waals surface area contributed by atoms with Gasteiger partial charge in [-0.2, -0.15) is 0 Å². The van der Waals surface area contributed by atoms with Crippen molar-refractivity contribution in [2.24, 2.45) is 13.0 Å². The van der Waals surface area contributed by atoms with E-state index >= 15 is 0 Å². The molecule has 2 atom stereocenters. The standard InChI is InChI=1S/C13H22N4O2/c1-13(2,3)19-12(18)9-6-5-7-14-10(9)11-16-15-8-17(11)4/h8-10,14H,5-7H2,1-4H3. The Morgan fingerprint density at radius 3 is 2.84 bits per heavy atom. The molecule has 2 rings (SSSR count). The van der Waals surface area contributed by atoms with Crippen LogP contribution in [0.25, 0.3) is 0 Å². The van der Waals surface area contributed by atoms with Crippen LogP contribution in [-0.4, -0.2) is 32.9 Å². The maximum atomic E-state index is 12.3. The first-order chi connectivity index (χ1) is 8.88. The fourth-order valence-electron chi connectivity index (χ4n) is 2.36. The van der Waals surface area contributed by atoms with Gasteiger partial charge in [0.2, 0.25) is 0 Å². The lowest BCUT2D eigenvalue weighted by atomic mass is 9.90. The van der Waals surface area contributed by atoms with Crippen molar-refractivity contribution >= 4 is 5.97 Å². The summed E-state index contributed by atoms with van der Waals surface area (Å²) in [5, 5.41) is 11.4. The van der Waals surface area contributed by atoms with Gasteiger partial charge in [0.25, 0.3) is 0 Å². The molecular formula is C13H22N4O2. The van der Waals surface area contributed by atoms with Crippen LogP contribution in [0.15, 0.2) is 6.33 Å². The molecule has 1 saturated heterocycles. The zero-order chi connectivity index (χ0) is 14.0. The van der Waals surface area contributed by atoms with Gasteiger partial charge in [-0.15, -0.1) is 10.2 Å². The highest BCUT2D eigenvalue weighted by Gasteiger charge is 2.37. The molecule has 1 aliphatic heterocycles. The van der Waals surface area contributed by atoms with Crippen LogP contribution < -0.4 is 5.32 Å². The molecule has 0 amide bonds. The van der Waals surface area contributed by atoms with Crippen molar-refractivity contribution in [2.75, 3.05) is 6.54 Å². The topological polar surface area (TPSA) is 69.0 Å². The molecule has 1 N–H and O–H groups in total. The molecule has 0 bridgehead atoms. The molecule has 0 aliphatic carbocycles. The Balaban J connectivity index is 2.17. The molecule has 1 aliphatic rings. The smallest absolute Gasteiger partial charge is 0.311 e. The average molecular weight is 266 g/mol. The fraction of sp³-hybridized carbons (Fsp3) is 0.769. The number of carbonyl (C=O) groups is 1. The van der Waals surface area contributed by atoms with Crippen molar-refractivity contribution < 1.29 is 9.53 Å². The third-order valence-corrected chi connectivity index (χ3v) is 3.19. The SMILES string of the molecule is Cn1cnnc1C1NCCCC1C(=O)OC(C)(C)C. The van der Waals surface area contributed by atoms with Gasteiger partial charge in [0.05, 0.1) is 12.0 Å². The first kappa shape index (κ1) is 14.0. The molecule has 1 aromatic rings. The molecule has 19 heavy (non-hydrogen) atoms. The predicted molar refractivity (Wildman–Crippen MR) is 70.3 cm³/mol. The molecule has 6 heteroatoms. The molecule has 106 valence electrons. The summed E-state index contributed by atoms with van der Waals surface area (Å²) in [4.78, 5) is 12.3. The van der Waals surface area contributed by atoms with E-state index < -0.39 is 5.60 Å². The lowest BCUT2D eigenvalue weighted by Gasteiger charge is -2.32. The van der Waals surface area contributed by atoms with E-state index in [1.165, 1.54) is 0 Å². The summed E-state index contributed by atoms with van der Waals surface area (Å²) >= 11 is 0. The van der Waals surface area contributed by atoms with E-state index in [2.05, 4.69) is 15.5 Å². The quantitative estimate of drug-likeness (QED) is 0.815.